The second kappa shape index (κ2) is 5.19. The van der Waals surface area contributed by atoms with E-state index in [1.54, 1.807) is 0 Å². The molecule has 0 bridgehead atoms. The standard InChI is InChI=1S/C14H16Br2O5/c1-13(2)6(5-7(15)16)9(13)10(17)8-11(18)20-14(3,4)21-12(8)19/h5-6,8-9H,1-4H3. The average molecular weight is 424 g/mol. The molecule has 2 unspecified atom stereocenters. The summed E-state index contributed by atoms with van der Waals surface area (Å²) < 4.78 is 10.7. The summed E-state index contributed by atoms with van der Waals surface area (Å²) in [4.78, 5) is 36.5. The van der Waals surface area contributed by atoms with Gasteiger partial charge in [0.05, 0.1) is 3.39 Å². The summed E-state index contributed by atoms with van der Waals surface area (Å²) in [5.74, 6) is -5.34. The van der Waals surface area contributed by atoms with Gasteiger partial charge in [-0.15, -0.1) is 0 Å². The quantitative estimate of drug-likeness (QED) is 0.515. The summed E-state index contributed by atoms with van der Waals surface area (Å²) in [5, 5.41) is 0. The van der Waals surface area contributed by atoms with E-state index in [1.807, 2.05) is 19.9 Å². The van der Waals surface area contributed by atoms with Crippen molar-refractivity contribution in [2.45, 2.75) is 33.5 Å². The summed E-state index contributed by atoms with van der Waals surface area (Å²) in [6.07, 6.45) is 1.85. The van der Waals surface area contributed by atoms with Gasteiger partial charge in [-0.1, -0.05) is 19.9 Å². The van der Waals surface area contributed by atoms with Crippen LogP contribution in [-0.2, 0) is 23.9 Å². The third-order valence-electron chi connectivity index (χ3n) is 3.97. The fourth-order valence-corrected chi connectivity index (χ4v) is 3.37. The molecule has 0 N–H and O–H groups in total. The van der Waals surface area contributed by atoms with Gasteiger partial charge >= 0.3 is 11.9 Å². The molecule has 0 spiro atoms. The lowest BCUT2D eigenvalue weighted by molar-refractivity contribution is -0.238. The van der Waals surface area contributed by atoms with Crippen molar-refractivity contribution in [3.8, 4) is 0 Å². The third-order valence-corrected chi connectivity index (χ3v) is 4.50. The Morgan fingerprint density at radius 1 is 1.10 bits per heavy atom. The number of carbonyl (C=O) groups is 3. The first-order valence-electron chi connectivity index (χ1n) is 6.49. The normalized spacial score (nSPS) is 30.2. The van der Waals surface area contributed by atoms with Crippen LogP contribution >= 0.6 is 31.9 Å². The first-order chi connectivity index (χ1) is 9.47. The van der Waals surface area contributed by atoms with Gasteiger partial charge in [0, 0.05) is 19.8 Å². The topological polar surface area (TPSA) is 69.7 Å². The molecule has 2 aliphatic rings. The molecular weight excluding hydrogens is 408 g/mol. The number of Topliss-reactive ketones (excluding diaryl/α,β-unsaturated/α-hetero) is 1. The first-order valence-corrected chi connectivity index (χ1v) is 8.08. The Morgan fingerprint density at radius 3 is 2.00 bits per heavy atom. The summed E-state index contributed by atoms with van der Waals surface area (Å²) in [5.41, 5.74) is -0.308. The molecule has 2 fully saturated rings. The van der Waals surface area contributed by atoms with Gasteiger partial charge in [0.2, 0.25) is 5.92 Å². The van der Waals surface area contributed by atoms with Crippen LogP contribution in [0.3, 0.4) is 0 Å². The van der Waals surface area contributed by atoms with Crippen molar-refractivity contribution < 1.29 is 23.9 Å². The number of hydrogen-bond acceptors (Lipinski definition) is 5. The van der Waals surface area contributed by atoms with E-state index in [2.05, 4.69) is 31.9 Å². The highest BCUT2D eigenvalue weighted by Gasteiger charge is 2.64. The zero-order valence-electron chi connectivity index (χ0n) is 12.1. The predicted octanol–water partition coefficient (Wildman–Crippen LogP) is 2.91. The van der Waals surface area contributed by atoms with Crippen LogP contribution in [0, 0.1) is 23.2 Å². The Morgan fingerprint density at radius 2 is 1.57 bits per heavy atom. The minimum Gasteiger partial charge on any atom is -0.422 e. The number of allylic oxidation sites excluding steroid dienone is 1. The average Bonchev–Trinajstić information content (AvgIpc) is 2.75. The molecule has 116 valence electrons. The van der Waals surface area contributed by atoms with Crippen molar-refractivity contribution in [2.24, 2.45) is 23.2 Å². The van der Waals surface area contributed by atoms with Crippen LogP contribution in [0.1, 0.15) is 27.7 Å². The van der Waals surface area contributed by atoms with Crippen molar-refractivity contribution in [1.82, 2.24) is 0 Å². The van der Waals surface area contributed by atoms with Gasteiger partial charge in [-0.2, -0.15) is 0 Å². The number of hydrogen-bond donors (Lipinski definition) is 0. The van der Waals surface area contributed by atoms with Crippen molar-refractivity contribution in [1.29, 1.82) is 0 Å². The van der Waals surface area contributed by atoms with Gasteiger partial charge in [0.25, 0.3) is 5.79 Å². The fraction of sp³-hybridized carbons (Fsp3) is 0.643. The molecule has 0 amide bonds. The van der Waals surface area contributed by atoms with Gasteiger partial charge in [-0.05, 0) is 43.2 Å². The number of carbonyl (C=O) groups excluding carboxylic acids is 3. The minimum atomic E-state index is -1.48. The zero-order valence-corrected chi connectivity index (χ0v) is 15.3. The van der Waals surface area contributed by atoms with Crippen LogP contribution in [0.5, 0.6) is 0 Å². The molecule has 0 radical (unpaired) electrons. The van der Waals surface area contributed by atoms with E-state index in [4.69, 9.17) is 9.47 Å². The third kappa shape index (κ3) is 3.08. The van der Waals surface area contributed by atoms with E-state index >= 15 is 0 Å². The minimum absolute atomic E-state index is 0.0470. The van der Waals surface area contributed by atoms with Crippen molar-refractivity contribution in [3.05, 3.63) is 9.47 Å². The molecule has 7 heteroatoms. The summed E-state index contributed by atoms with van der Waals surface area (Å²) in [6, 6.07) is 0. The van der Waals surface area contributed by atoms with E-state index < -0.39 is 35.3 Å². The van der Waals surface area contributed by atoms with Gasteiger partial charge in [0.1, 0.15) is 0 Å². The summed E-state index contributed by atoms with van der Waals surface area (Å²) >= 11 is 6.52. The van der Waals surface area contributed by atoms with Crippen molar-refractivity contribution in [2.75, 3.05) is 0 Å². The molecule has 2 rings (SSSR count). The Labute approximate surface area is 139 Å². The fourth-order valence-electron chi connectivity index (χ4n) is 2.80. The number of rotatable bonds is 3. The molecule has 0 aromatic heterocycles. The summed E-state index contributed by atoms with van der Waals surface area (Å²) in [6.45, 7) is 6.75. The Bertz CT molecular complexity index is 526. The lowest BCUT2D eigenvalue weighted by atomic mass is 9.95. The molecule has 1 aliphatic carbocycles. The number of halogens is 2. The van der Waals surface area contributed by atoms with Crippen LogP contribution in [-0.4, -0.2) is 23.5 Å². The van der Waals surface area contributed by atoms with Crippen LogP contribution in [0.2, 0.25) is 0 Å². The second-order valence-electron chi connectivity index (χ2n) is 6.36. The van der Waals surface area contributed by atoms with Crippen molar-refractivity contribution >= 4 is 49.6 Å². The highest BCUT2D eigenvalue weighted by atomic mass is 79.9. The maximum Gasteiger partial charge on any atom is 0.331 e. The van der Waals surface area contributed by atoms with Crippen LogP contribution < -0.4 is 0 Å². The SMILES string of the molecule is CC1(C)OC(=O)C(C(=O)C2C(C=C(Br)Br)C2(C)C)C(=O)O1. The monoisotopic (exact) mass is 422 g/mol. The number of ether oxygens (including phenoxy) is 2. The van der Waals surface area contributed by atoms with E-state index in [0.29, 0.717) is 0 Å². The molecule has 1 saturated heterocycles. The molecule has 1 saturated carbocycles. The Hall–Kier alpha value is -0.690. The molecule has 2 atom stereocenters. The van der Waals surface area contributed by atoms with E-state index in [0.717, 1.165) is 3.39 Å². The number of ketones is 1. The van der Waals surface area contributed by atoms with E-state index in [9.17, 15) is 14.4 Å². The lowest BCUT2D eigenvalue weighted by Gasteiger charge is -2.32. The molecule has 1 aliphatic heterocycles. The molecular formula is C14H16Br2O5. The number of esters is 2. The number of cyclic esters (lactones) is 2. The van der Waals surface area contributed by atoms with E-state index in [1.165, 1.54) is 13.8 Å². The largest absolute Gasteiger partial charge is 0.422 e. The van der Waals surface area contributed by atoms with E-state index in [-0.39, 0.29) is 11.3 Å². The maximum atomic E-state index is 12.5. The smallest absolute Gasteiger partial charge is 0.331 e. The first kappa shape index (κ1) is 16.7. The molecule has 21 heavy (non-hydrogen) atoms. The predicted molar refractivity (Wildman–Crippen MR) is 81.5 cm³/mol. The second-order valence-corrected chi connectivity index (χ2v) is 9.13. The summed E-state index contributed by atoms with van der Waals surface area (Å²) in [7, 11) is 0. The highest BCUT2D eigenvalue weighted by Crippen LogP contribution is 2.61. The van der Waals surface area contributed by atoms with Crippen LogP contribution in [0.25, 0.3) is 0 Å². The van der Waals surface area contributed by atoms with Gasteiger partial charge < -0.3 is 9.47 Å². The Kier molecular flexibility index (Phi) is 4.12. The molecule has 5 nitrogen and oxygen atoms in total. The molecule has 1 heterocycles. The highest BCUT2D eigenvalue weighted by molar-refractivity contribution is 9.28. The van der Waals surface area contributed by atoms with Crippen LogP contribution in [0.15, 0.2) is 9.47 Å². The van der Waals surface area contributed by atoms with Gasteiger partial charge in [-0.3, -0.25) is 14.4 Å². The maximum absolute atomic E-state index is 12.5. The lowest BCUT2D eigenvalue weighted by Crippen LogP contribution is -2.49. The zero-order chi connectivity index (χ0) is 16.2. The van der Waals surface area contributed by atoms with Gasteiger partial charge in [0.15, 0.2) is 5.78 Å². The molecule has 0 aromatic carbocycles. The van der Waals surface area contributed by atoms with Crippen molar-refractivity contribution in [3.63, 3.8) is 0 Å². The molecule has 0 aromatic rings. The Balaban J connectivity index is 2.20. The van der Waals surface area contributed by atoms with Crippen LogP contribution in [0.4, 0.5) is 0 Å². The van der Waals surface area contributed by atoms with Gasteiger partial charge in [-0.25, -0.2) is 0 Å².